The fourth-order valence-corrected chi connectivity index (χ4v) is 3.61. The average molecular weight is 408 g/mol. The van der Waals surface area contributed by atoms with Crippen molar-refractivity contribution in [3.05, 3.63) is 0 Å². The largest absolute Gasteiger partial charge is 1.00 e. The molecular weight excluding hydrogens is 361 g/mol. The Morgan fingerprint density at radius 2 is 1.11 bits per heavy atom. The number of aliphatic carboxylic acids is 1. The van der Waals surface area contributed by atoms with Crippen molar-refractivity contribution in [3.8, 4) is 0 Å². The number of carboxylic acid groups (broad SMARTS) is 1. The van der Waals surface area contributed by atoms with Crippen LogP contribution < -0.4 is 56.5 Å². The first-order valence-corrected chi connectivity index (χ1v) is 11.6. The van der Waals surface area contributed by atoms with Gasteiger partial charge in [-0.05, 0) is 45.7 Å². The Labute approximate surface area is 212 Å². The first-order chi connectivity index (χ1) is 12.6. The molecule has 0 saturated heterocycles. The molecule has 0 saturated carbocycles. The molecule has 0 fully saturated rings. The monoisotopic (exact) mass is 407 g/mol. The van der Waals surface area contributed by atoms with Crippen LogP contribution in [0.4, 0.5) is 0 Å². The van der Waals surface area contributed by atoms with E-state index in [-0.39, 0.29) is 57.8 Å². The molecule has 1 unspecified atom stereocenters. The molecule has 0 rings (SSSR count). The number of unbranched alkanes of at least 4 members (excludes halogenated alkanes) is 12. The van der Waals surface area contributed by atoms with E-state index in [0.717, 1.165) is 19.5 Å². The Morgan fingerprint density at radius 3 is 1.48 bits per heavy atom. The van der Waals surface area contributed by atoms with Gasteiger partial charge in [0, 0.05) is 12.0 Å². The van der Waals surface area contributed by atoms with Gasteiger partial charge in [0.15, 0.2) is 0 Å². The number of carbonyl (C=O) groups excluding carboxylic acids is 1. The van der Waals surface area contributed by atoms with E-state index in [2.05, 4.69) is 25.7 Å². The molecule has 0 heterocycles. The van der Waals surface area contributed by atoms with Crippen LogP contribution in [0, 0.1) is 0 Å². The summed E-state index contributed by atoms with van der Waals surface area (Å²) < 4.78 is 0. The van der Waals surface area contributed by atoms with Gasteiger partial charge in [0.1, 0.15) is 0 Å². The van der Waals surface area contributed by atoms with E-state index >= 15 is 0 Å². The van der Waals surface area contributed by atoms with Crippen LogP contribution >= 0.6 is 0 Å². The van der Waals surface area contributed by atoms with Gasteiger partial charge in [0.25, 0.3) is 0 Å². The second-order valence-electron chi connectivity index (χ2n) is 8.04. The molecule has 0 bridgehead atoms. The van der Waals surface area contributed by atoms with Gasteiger partial charge >= 0.3 is 51.4 Å². The average Bonchev–Trinajstić information content (AvgIpc) is 2.62. The molecule has 3 nitrogen and oxygen atoms in total. The second-order valence-corrected chi connectivity index (χ2v) is 8.04. The molecule has 0 radical (unpaired) electrons. The summed E-state index contributed by atoms with van der Waals surface area (Å²) in [6.07, 6.45) is 19.5. The minimum Gasteiger partial charge on any atom is -0.550 e. The van der Waals surface area contributed by atoms with Gasteiger partial charge in [-0.15, -0.1) is 0 Å². The van der Waals surface area contributed by atoms with Crippen LogP contribution in [-0.2, 0) is 4.79 Å². The van der Waals surface area contributed by atoms with Crippen LogP contribution in [0.3, 0.4) is 0 Å². The van der Waals surface area contributed by atoms with Gasteiger partial charge in [-0.25, -0.2) is 0 Å². The third-order valence-corrected chi connectivity index (χ3v) is 5.49. The molecule has 0 aromatic rings. The van der Waals surface area contributed by atoms with E-state index in [0.29, 0.717) is 6.04 Å². The summed E-state index contributed by atoms with van der Waals surface area (Å²) >= 11 is 0. The number of nitrogens with zero attached hydrogens (tertiary/aromatic N) is 1. The molecule has 4 heteroatoms. The Bertz CT molecular complexity index is 295. The van der Waals surface area contributed by atoms with Gasteiger partial charge in [-0.2, -0.15) is 0 Å². The predicted octanol–water partition coefficient (Wildman–Crippen LogP) is 2.71. The third kappa shape index (κ3) is 21.6. The smallest absolute Gasteiger partial charge is 0.550 e. The van der Waals surface area contributed by atoms with E-state index in [9.17, 15) is 9.90 Å². The van der Waals surface area contributed by atoms with Crippen LogP contribution in [0.2, 0.25) is 0 Å². The summed E-state index contributed by atoms with van der Waals surface area (Å²) in [5.74, 6) is -0.913. The molecule has 0 aromatic heterocycles. The number of hydrogen-bond donors (Lipinski definition) is 0. The van der Waals surface area contributed by atoms with Crippen LogP contribution in [0.1, 0.15) is 124 Å². The molecule has 156 valence electrons. The minimum atomic E-state index is -0.913. The molecule has 0 aliphatic heterocycles. The maximum atomic E-state index is 10.8. The Hall–Kier alpha value is 1.07. The third-order valence-electron chi connectivity index (χ3n) is 5.49. The van der Waals surface area contributed by atoms with Crippen LogP contribution in [0.15, 0.2) is 0 Å². The van der Waals surface area contributed by atoms with Crippen molar-refractivity contribution < 1.29 is 61.3 Å². The number of carboxylic acids is 1. The van der Waals surface area contributed by atoms with E-state index in [1.807, 2.05) is 0 Å². The standard InChI is InChI=1S/C23H47NO2.K/c1-4-6-8-10-12-14-16-20-24(22(3)18-19-23(25)26)21-17-15-13-11-9-7-5-2;/h22H,4-21H2,1-3H3,(H,25,26);/q;+1/p-1. The number of hydrogen-bond acceptors (Lipinski definition) is 3. The molecule has 1 atom stereocenters. The van der Waals surface area contributed by atoms with Crippen molar-refractivity contribution in [2.45, 2.75) is 130 Å². The van der Waals surface area contributed by atoms with E-state index in [4.69, 9.17) is 0 Å². The van der Waals surface area contributed by atoms with Crippen LogP contribution in [0.5, 0.6) is 0 Å². The zero-order chi connectivity index (χ0) is 19.5. The summed E-state index contributed by atoms with van der Waals surface area (Å²) in [6, 6.07) is 0.355. The molecule has 0 amide bonds. The molecule has 0 aliphatic carbocycles. The zero-order valence-corrected chi connectivity index (χ0v) is 22.2. The Kier molecular flexibility index (Phi) is 26.2. The molecular formula is C23H46KNO2. The van der Waals surface area contributed by atoms with Crippen LogP contribution in [0.25, 0.3) is 0 Å². The SMILES string of the molecule is CCCCCCCCCN(CCCCCCCCC)C(C)CCC(=O)[O-].[K+]. The molecule has 0 N–H and O–H groups in total. The van der Waals surface area contributed by atoms with E-state index < -0.39 is 5.97 Å². The van der Waals surface area contributed by atoms with E-state index in [1.54, 1.807) is 0 Å². The zero-order valence-electron chi connectivity index (χ0n) is 19.1. The Balaban J connectivity index is 0. The molecule has 0 aromatic carbocycles. The first-order valence-electron chi connectivity index (χ1n) is 11.6. The fourth-order valence-electron chi connectivity index (χ4n) is 3.61. The van der Waals surface area contributed by atoms with Crippen molar-refractivity contribution >= 4 is 5.97 Å². The quantitative estimate of drug-likeness (QED) is 0.230. The van der Waals surface area contributed by atoms with Gasteiger partial charge in [0.2, 0.25) is 0 Å². The summed E-state index contributed by atoms with van der Waals surface area (Å²) in [7, 11) is 0. The second kappa shape index (κ2) is 23.3. The molecule has 27 heavy (non-hydrogen) atoms. The fraction of sp³-hybridized carbons (Fsp3) is 0.957. The van der Waals surface area contributed by atoms with Gasteiger partial charge in [-0.1, -0.05) is 90.9 Å². The summed E-state index contributed by atoms with van der Waals surface area (Å²) in [5.41, 5.74) is 0. The van der Waals surface area contributed by atoms with Gasteiger partial charge in [-0.3, -0.25) is 0 Å². The normalized spacial score (nSPS) is 12.1. The van der Waals surface area contributed by atoms with Gasteiger partial charge < -0.3 is 14.8 Å². The Morgan fingerprint density at radius 1 is 0.741 bits per heavy atom. The predicted molar refractivity (Wildman–Crippen MR) is 111 cm³/mol. The number of carbonyl (C=O) groups is 1. The maximum Gasteiger partial charge on any atom is 1.00 e. The van der Waals surface area contributed by atoms with Gasteiger partial charge in [0.05, 0.1) is 0 Å². The summed E-state index contributed by atoms with van der Waals surface area (Å²) in [5, 5.41) is 10.8. The van der Waals surface area contributed by atoms with Crippen molar-refractivity contribution in [3.63, 3.8) is 0 Å². The van der Waals surface area contributed by atoms with Crippen molar-refractivity contribution in [2.24, 2.45) is 0 Å². The first kappa shape index (κ1) is 30.3. The molecule has 0 spiro atoms. The van der Waals surface area contributed by atoms with Crippen molar-refractivity contribution in [1.29, 1.82) is 0 Å². The van der Waals surface area contributed by atoms with Crippen LogP contribution in [-0.4, -0.2) is 30.0 Å². The van der Waals surface area contributed by atoms with Crippen molar-refractivity contribution in [2.75, 3.05) is 13.1 Å². The summed E-state index contributed by atoms with van der Waals surface area (Å²) in [6.45, 7) is 8.95. The maximum absolute atomic E-state index is 10.8. The summed E-state index contributed by atoms with van der Waals surface area (Å²) in [4.78, 5) is 13.3. The van der Waals surface area contributed by atoms with Crippen molar-refractivity contribution in [1.82, 2.24) is 4.90 Å². The van der Waals surface area contributed by atoms with E-state index in [1.165, 1.54) is 89.9 Å². The number of rotatable bonds is 20. The molecule has 0 aliphatic rings. The minimum absolute atomic E-state index is 0. The topological polar surface area (TPSA) is 43.4 Å².